The van der Waals surface area contributed by atoms with Gasteiger partial charge in [0, 0.05) is 18.2 Å². The minimum atomic E-state index is 0.569. The van der Waals surface area contributed by atoms with Gasteiger partial charge in [0.05, 0.1) is 25.0 Å². The zero-order valence-electron chi connectivity index (χ0n) is 18.3. The molecule has 2 heterocycles. The minimum Gasteiger partial charge on any atom is -0.497 e. The highest BCUT2D eigenvalue weighted by molar-refractivity contribution is 5.78. The topological polar surface area (TPSA) is 73.6 Å². The predicted molar refractivity (Wildman–Crippen MR) is 122 cm³/mol. The van der Waals surface area contributed by atoms with Crippen molar-refractivity contribution < 1.29 is 9.47 Å². The lowest BCUT2D eigenvalue weighted by Gasteiger charge is -2.13. The number of nitrogens with one attached hydrogen (secondary N) is 1. The van der Waals surface area contributed by atoms with Crippen molar-refractivity contribution in [1.82, 2.24) is 19.6 Å². The van der Waals surface area contributed by atoms with Crippen LogP contribution < -0.4 is 14.8 Å². The van der Waals surface area contributed by atoms with Crippen molar-refractivity contribution in [3.8, 4) is 22.9 Å². The molecule has 1 N–H and O–H groups in total. The molecule has 0 fully saturated rings. The van der Waals surface area contributed by atoms with Crippen LogP contribution in [-0.2, 0) is 6.42 Å². The first kappa shape index (κ1) is 20.7. The second-order valence-corrected chi connectivity index (χ2v) is 7.19. The number of ether oxygens (including phenoxy) is 2. The van der Waals surface area contributed by atoms with Crippen LogP contribution in [0.4, 0.5) is 11.5 Å². The zero-order chi connectivity index (χ0) is 21.8. The Bertz CT molecular complexity index is 1200. The van der Waals surface area contributed by atoms with E-state index in [9.17, 15) is 0 Å². The molecule has 0 bridgehead atoms. The Morgan fingerprint density at radius 1 is 1.03 bits per heavy atom. The number of hydrogen-bond acceptors (Lipinski definition) is 6. The molecular formula is C24H27N5O2. The van der Waals surface area contributed by atoms with Gasteiger partial charge in [-0.15, -0.1) is 5.10 Å². The lowest BCUT2D eigenvalue weighted by Crippen LogP contribution is -2.07. The second kappa shape index (κ2) is 9.04. The maximum absolute atomic E-state index is 5.83. The van der Waals surface area contributed by atoms with Gasteiger partial charge in [-0.05, 0) is 44.5 Å². The van der Waals surface area contributed by atoms with Crippen molar-refractivity contribution in [2.75, 3.05) is 19.0 Å². The number of para-hydroxylation sites is 1. The summed E-state index contributed by atoms with van der Waals surface area (Å²) >= 11 is 0. The first-order chi connectivity index (χ1) is 15.1. The van der Waals surface area contributed by atoms with E-state index in [0.29, 0.717) is 18.2 Å². The number of aromatic nitrogens is 4. The standard InChI is InChI=1S/C24H27N5O2/c1-5-10-21-25-16(3)22-24(26-17-11-9-12-18(15-17)30-4)27-23(28-29(21)22)19-13-7-8-14-20(19)31-6-2/h7-9,11-15H,5-6,10H2,1-4H3,(H,26,27,28). The Kier molecular flexibility index (Phi) is 6.02. The van der Waals surface area contributed by atoms with Gasteiger partial charge < -0.3 is 14.8 Å². The van der Waals surface area contributed by atoms with Gasteiger partial charge in [-0.25, -0.2) is 14.5 Å². The molecule has 4 aromatic rings. The van der Waals surface area contributed by atoms with E-state index in [1.165, 1.54) is 0 Å². The number of hydrogen-bond donors (Lipinski definition) is 1. The lowest BCUT2D eigenvalue weighted by atomic mass is 10.2. The molecule has 0 atom stereocenters. The van der Waals surface area contributed by atoms with Crippen molar-refractivity contribution >= 4 is 17.0 Å². The SMILES string of the molecule is CCCc1nc(C)c2c(Nc3cccc(OC)c3)nc(-c3ccccc3OCC)nn12. The molecule has 160 valence electrons. The van der Waals surface area contributed by atoms with Crippen molar-refractivity contribution in [3.63, 3.8) is 0 Å². The van der Waals surface area contributed by atoms with E-state index in [-0.39, 0.29) is 0 Å². The van der Waals surface area contributed by atoms with E-state index in [2.05, 4.69) is 12.2 Å². The fourth-order valence-electron chi connectivity index (χ4n) is 3.59. The summed E-state index contributed by atoms with van der Waals surface area (Å²) in [5.41, 5.74) is 3.47. The summed E-state index contributed by atoms with van der Waals surface area (Å²) < 4.78 is 13.1. The zero-order valence-corrected chi connectivity index (χ0v) is 18.3. The molecule has 4 rings (SSSR count). The third-order valence-corrected chi connectivity index (χ3v) is 4.97. The molecule has 2 aromatic carbocycles. The summed E-state index contributed by atoms with van der Waals surface area (Å²) in [6, 6.07) is 15.6. The van der Waals surface area contributed by atoms with Crippen LogP contribution in [0.2, 0.25) is 0 Å². The number of nitrogens with zero attached hydrogens (tertiary/aromatic N) is 4. The molecule has 0 aliphatic heterocycles. The minimum absolute atomic E-state index is 0.569. The monoisotopic (exact) mass is 417 g/mol. The predicted octanol–water partition coefficient (Wildman–Crippen LogP) is 5.20. The molecule has 0 unspecified atom stereocenters. The number of fused-ring (bicyclic) bond motifs is 1. The highest BCUT2D eigenvalue weighted by Gasteiger charge is 2.19. The van der Waals surface area contributed by atoms with Gasteiger partial charge in [-0.3, -0.25) is 0 Å². The first-order valence-corrected chi connectivity index (χ1v) is 10.5. The van der Waals surface area contributed by atoms with Crippen LogP contribution in [0, 0.1) is 6.92 Å². The van der Waals surface area contributed by atoms with Crippen LogP contribution in [0.5, 0.6) is 11.5 Å². The van der Waals surface area contributed by atoms with Crippen LogP contribution >= 0.6 is 0 Å². The van der Waals surface area contributed by atoms with E-state index in [1.807, 2.05) is 66.9 Å². The summed E-state index contributed by atoms with van der Waals surface area (Å²) in [5.74, 6) is 3.72. The van der Waals surface area contributed by atoms with E-state index in [0.717, 1.165) is 52.6 Å². The van der Waals surface area contributed by atoms with E-state index < -0.39 is 0 Å². The second-order valence-electron chi connectivity index (χ2n) is 7.19. The summed E-state index contributed by atoms with van der Waals surface area (Å²) in [6.45, 7) is 6.66. The average molecular weight is 418 g/mol. The van der Waals surface area contributed by atoms with E-state index >= 15 is 0 Å². The van der Waals surface area contributed by atoms with Crippen molar-refractivity contribution in [1.29, 1.82) is 0 Å². The average Bonchev–Trinajstić information content (AvgIpc) is 3.10. The maximum Gasteiger partial charge on any atom is 0.185 e. The van der Waals surface area contributed by atoms with Gasteiger partial charge in [0.25, 0.3) is 0 Å². The van der Waals surface area contributed by atoms with Gasteiger partial charge in [-0.1, -0.05) is 25.1 Å². The van der Waals surface area contributed by atoms with Gasteiger partial charge >= 0.3 is 0 Å². The Hall–Kier alpha value is -3.61. The van der Waals surface area contributed by atoms with Gasteiger partial charge in [-0.2, -0.15) is 0 Å². The number of rotatable bonds is 8. The largest absolute Gasteiger partial charge is 0.497 e. The van der Waals surface area contributed by atoms with E-state index in [1.54, 1.807) is 7.11 Å². The number of anilines is 2. The summed E-state index contributed by atoms with van der Waals surface area (Å²) in [6.07, 6.45) is 1.81. The molecule has 2 aromatic heterocycles. The van der Waals surface area contributed by atoms with Crippen molar-refractivity contribution in [3.05, 3.63) is 60.0 Å². The molecule has 7 nitrogen and oxygen atoms in total. The van der Waals surface area contributed by atoms with Gasteiger partial charge in [0.2, 0.25) is 0 Å². The van der Waals surface area contributed by atoms with Crippen molar-refractivity contribution in [2.45, 2.75) is 33.6 Å². The van der Waals surface area contributed by atoms with Crippen molar-refractivity contribution in [2.24, 2.45) is 0 Å². The molecule has 0 radical (unpaired) electrons. The molecule has 7 heteroatoms. The van der Waals surface area contributed by atoms with Crippen LogP contribution in [0.25, 0.3) is 16.9 Å². The van der Waals surface area contributed by atoms with E-state index in [4.69, 9.17) is 24.5 Å². The van der Waals surface area contributed by atoms with Crippen LogP contribution in [0.3, 0.4) is 0 Å². The normalized spacial score (nSPS) is 11.0. The van der Waals surface area contributed by atoms with Crippen LogP contribution in [0.15, 0.2) is 48.5 Å². The Balaban J connectivity index is 1.91. The fourth-order valence-corrected chi connectivity index (χ4v) is 3.59. The third-order valence-electron chi connectivity index (χ3n) is 4.97. The molecule has 0 aliphatic carbocycles. The Labute approximate surface area is 182 Å². The Morgan fingerprint density at radius 3 is 2.65 bits per heavy atom. The van der Waals surface area contributed by atoms with Gasteiger partial charge in [0.1, 0.15) is 22.8 Å². The summed E-state index contributed by atoms with van der Waals surface area (Å²) in [4.78, 5) is 9.67. The molecule has 0 aliphatic rings. The quantitative estimate of drug-likeness (QED) is 0.425. The molecule has 0 spiro atoms. The molecule has 0 amide bonds. The van der Waals surface area contributed by atoms with Crippen LogP contribution in [-0.4, -0.2) is 33.3 Å². The van der Waals surface area contributed by atoms with Crippen LogP contribution in [0.1, 0.15) is 31.8 Å². The number of aryl methyl sites for hydroxylation is 2. The fraction of sp³-hybridized carbons (Fsp3) is 0.292. The highest BCUT2D eigenvalue weighted by Crippen LogP contribution is 2.31. The summed E-state index contributed by atoms with van der Waals surface area (Å²) in [7, 11) is 1.66. The lowest BCUT2D eigenvalue weighted by molar-refractivity contribution is 0.341. The maximum atomic E-state index is 5.83. The molecule has 0 saturated heterocycles. The molecule has 31 heavy (non-hydrogen) atoms. The molecule has 0 saturated carbocycles. The highest BCUT2D eigenvalue weighted by atomic mass is 16.5. The third kappa shape index (κ3) is 4.17. The summed E-state index contributed by atoms with van der Waals surface area (Å²) in [5, 5.41) is 8.31. The molecular weight excluding hydrogens is 390 g/mol. The smallest absolute Gasteiger partial charge is 0.185 e. The number of benzene rings is 2. The Morgan fingerprint density at radius 2 is 1.87 bits per heavy atom. The van der Waals surface area contributed by atoms with Gasteiger partial charge in [0.15, 0.2) is 11.6 Å². The number of methoxy groups -OCH3 is 1. The number of imidazole rings is 1. The first-order valence-electron chi connectivity index (χ1n) is 10.5.